The average Bonchev–Trinajstić information content (AvgIpc) is 1.61. The number of aromatic amines is 2. The topological polar surface area (TPSA) is 470 Å². The van der Waals surface area contributed by atoms with Crippen LogP contribution in [0.1, 0.15) is 116 Å². The Bertz CT molecular complexity index is 4030. The summed E-state index contributed by atoms with van der Waals surface area (Å²) in [5.74, 6) is -9.46. The van der Waals surface area contributed by atoms with E-state index >= 15 is 0 Å². The highest BCUT2D eigenvalue weighted by Crippen LogP contribution is 2.40. The first-order chi connectivity index (χ1) is 52.4. The summed E-state index contributed by atoms with van der Waals surface area (Å²) in [7, 11) is 0. The number of amides is 10. The third-order valence-electron chi connectivity index (χ3n) is 20.4. The largest absolute Gasteiger partial charge is 0.508 e. The van der Waals surface area contributed by atoms with Crippen LogP contribution in [-0.2, 0) is 102 Å². The number of nitrogens with two attached hydrogens (primary N) is 2. The van der Waals surface area contributed by atoms with Crippen LogP contribution in [0.3, 0.4) is 0 Å². The first-order valence-corrected chi connectivity index (χ1v) is 37.6. The molecule has 592 valence electrons. The van der Waals surface area contributed by atoms with Crippen LogP contribution in [0.2, 0.25) is 0 Å². The van der Waals surface area contributed by atoms with E-state index in [0.29, 0.717) is 49.9 Å². The number of phenols is 2. The number of carbonyl (C=O) groups is 10. The number of aromatic hydroxyl groups is 2. The van der Waals surface area contributed by atoms with Crippen molar-refractivity contribution in [2.24, 2.45) is 23.3 Å². The maximum absolute atomic E-state index is 14.4. The first-order valence-electron chi connectivity index (χ1n) is 37.6. The lowest BCUT2D eigenvalue weighted by atomic mass is 9.98. The van der Waals surface area contributed by atoms with Crippen LogP contribution in [0.5, 0.6) is 11.5 Å². The summed E-state index contributed by atoms with van der Waals surface area (Å²) < 4.78 is 36.2. The molecule has 10 amide bonds. The van der Waals surface area contributed by atoms with E-state index in [1.54, 1.807) is 92.0 Å². The predicted molar refractivity (Wildman–Crippen MR) is 400 cm³/mol. The van der Waals surface area contributed by atoms with E-state index < -0.39 is 180 Å². The zero-order valence-electron chi connectivity index (χ0n) is 62.9. The molecule has 6 fully saturated rings. The molecule has 6 aliphatic heterocycles. The molecule has 32 nitrogen and oxygen atoms in total. The van der Waals surface area contributed by atoms with Gasteiger partial charge in [-0.05, 0) is 150 Å². The number of phenolic OH excluding ortho intramolecular Hbond substituents is 2. The second-order valence-electron chi connectivity index (χ2n) is 30.4. The summed E-state index contributed by atoms with van der Waals surface area (Å²) in [6, 6.07) is 16.0. The fraction of sp³-hybridized carbons (Fsp3) is 0.513. The van der Waals surface area contributed by atoms with Gasteiger partial charge in [-0.1, -0.05) is 88.4 Å². The van der Waals surface area contributed by atoms with Gasteiger partial charge >= 0.3 is 0 Å². The molecule has 8 heterocycles. The zero-order chi connectivity index (χ0) is 78.9. The van der Waals surface area contributed by atoms with Gasteiger partial charge in [0.1, 0.15) is 72.0 Å². The minimum absolute atomic E-state index is 0.0165. The second kappa shape index (κ2) is 35.3. The van der Waals surface area contributed by atoms with E-state index in [2.05, 4.69) is 63.1 Å². The Morgan fingerprint density at radius 1 is 0.382 bits per heavy atom. The van der Waals surface area contributed by atoms with Crippen molar-refractivity contribution in [3.05, 3.63) is 132 Å². The second-order valence-corrected chi connectivity index (χ2v) is 30.4. The Hall–Kier alpha value is -10.1. The van der Waals surface area contributed by atoms with E-state index in [9.17, 15) is 58.2 Å². The van der Waals surface area contributed by atoms with Gasteiger partial charge in [0.15, 0.2) is 36.4 Å². The fourth-order valence-corrected chi connectivity index (χ4v) is 14.6. The lowest BCUT2D eigenvalue weighted by molar-refractivity contribution is -0.208. The molecule has 110 heavy (non-hydrogen) atoms. The third-order valence-corrected chi connectivity index (χ3v) is 20.4. The van der Waals surface area contributed by atoms with Gasteiger partial charge in [0.25, 0.3) is 11.8 Å². The molecule has 12 rings (SSSR count). The Balaban J connectivity index is 0.000000218. The molecule has 0 aliphatic carbocycles. The van der Waals surface area contributed by atoms with Gasteiger partial charge in [0.05, 0.1) is 12.1 Å². The van der Waals surface area contributed by atoms with Crippen LogP contribution in [0.25, 0.3) is 21.8 Å². The molecule has 4 aromatic carbocycles. The van der Waals surface area contributed by atoms with Gasteiger partial charge in [-0.15, -0.1) is 0 Å². The van der Waals surface area contributed by atoms with Crippen LogP contribution in [0.15, 0.2) is 109 Å². The number of para-hydroxylation sites is 2. The molecule has 0 radical (unpaired) electrons. The summed E-state index contributed by atoms with van der Waals surface area (Å²) in [4.78, 5) is 148. The van der Waals surface area contributed by atoms with Gasteiger partial charge in [-0.25, -0.2) is 0 Å². The Kier molecular flexibility index (Phi) is 26.0. The highest BCUT2D eigenvalue weighted by molar-refractivity contribution is 5.99. The highest BCUT2D eigenvalue weighted by atomic mass is 16.8. The molecule has 18 N–H and O–H groups in total. The molecule has 6 aromatic rings. The molecule has 0 saturated carbocycles. The number of carbonyl (C=O) groups excluding carboxylic acids is 10. The van der Waals surface area contributed by atoms with E-state index in [1.807, 2.05) is 48.5 Å². The third kappa shape index (κ3) is 19.7. The molecule has 32 heteroatoms. The smallest absolute Gasteiger partial charge is 0.252 e. The summed E-state index contributed by atoms with van der Waals surface area (Å²) in [5, 5.41) is 49.9. The summed E-state index contributed by atoms with van der Waals surface area (Å²) in [6.45, 7) is 14.5. The first kappa shape index (κ1) is 80.9. The minimum atomic E-state index is -1.36. The number of H-pyrrole nitrogens is 2. The number of unbranched alkanes of at least 4 members (excludes halogenated alkanes) is 2. The molecular formula is C78H102N14O18. The van der Waals surface area contributed by atoms with Crippen molar-refractivity contribution in [1.29, 1.82) is 0 Å². The number of benzene rings is 4. The summed E-state index contributed by atoms with van der Waals surface area (Å²) >= 11 is 0. The highest BCUT2D eigenvalue weighted by Gasteiger charge is 2.60. The van der Waals surface area contributed by atoms with Crippen molar-refractivity contribution in [3.8, 4) is 11.5 Å². The maximum Gasteiger partial charge on any atom is 0.252 e. The molecule has 0 bridgehead atoms. The Morgan fingerprint density at radius 3 is 1.06 bits per heavy atom. The van der Waals surface area contributed by atoms with Crippen LogP contribution >= 0.6 is 0 Å². The Labute approximate surface area is 636 Å². The van der Waals surface area contributed by atoms with Gasteiger partial charge < -0.3 is 113 Å². The molecule has 6 aliphatic rings. The van der Waals surface area contributed by atoms with Gasteiger partial charge in [-0.3, -0.25) is 47.9 Å². The quantitative estimate of drug-likeness (QED) is 0.0542. The van der Waals surface area contributed by atoms with E-state index in [1.165, 1.54) is 24.3 Å². The van der Waals surface area contributed by atoms with E-state index in [-0.39, 0.29) is 50.0 Å². The summed E-state index contributed by atoms with van der Waals surface area (Å²) in [6.07, 6.45) is -0.414. The van der Waals surface area contributed by atoms with Crippen LogP contribution in [0, 0.1) is 11.8 Å². The minimum Gasteiger partial charge on any atom is -0.508 e. The van der Waals surface area contributed by atoms with Crippen molar-refractivity contribution in [1.82, 2.24) is 63.1 Å². The van der Waals surface area contributed by atoms with E-state index in [0.717, 1.165) is 32.9 Å². The summed E-state index contributed by atoms with van der Waals surface area (Å²) in [5.41, 5.74) is 15.9. The fourth-order valence-electron chi connectivity index (χ4n) is 14.6. The molecule has 2 aromatic heterocycles. The SMILES string of the molecule is CC(C)[C@@H]1NC(=O)[C@H](CCCCN)NC(=O)[C@@H](Cc2c[nH]c3ccccc23)NC(=O)[C@H](Cc2ccc(O)cc2)NC(=O)[C@H]2O[C@@H]3OC(C)(C)OC3[C@@H]2NC1=O.CC(C)[C@@H]1NC(=O)[C@H](CCCCN)NC(=O)[C@H](Cc2c[nH]c3ccccc23)NC(=O)[C@H](Cc2ccc(O)cc2)NC(=O)[C@H]2O[C@@H]3OC(C)(C)OC3[C@@H]2NC1=O. The zero-order valence-corrected chi connectivity index (χ0v) is 62.9. The standard InChI is InChI=1S/2C39H51N7O9/c2*1-20(2)29-36(51)46-30-31(53-38-32(30)54-39(3,4)55-38)37(52)44-27(17-21-12-14-23(47)15-13-21)34(49)43-28(18-22-19-41-25-10-6-5-9-24(22)25)35(50)42-26(33(48)45-29)11-7-8-16-40/h2*5-6,9-10,12-15,19-20,26-32,38,41,47H,7-8,11,16-18,40H2,1-4H3,(H,42,50)(H,43,49)(H,44,52)(H,45,48)(H,46,51)/t26-,27-,28+,29-,30+,31-,32?,38+;26-,27-,28-,29-,30+,31-,32?,38+/m00/s1. The molecule has 16 atom stereocenters. The van der Waals surface area contributed by atoms with Crippen molar-refractivity contribution in [2.75, 3.05) is 13.1 Å². The number of hydrogen-bond acceptors (Lipinski definition) is 20. The van der Waals surface area contributed by atoms with Gasteiger partial charge in [0.2, 0.25) is 47.3 Å². The van der Waals surface area contributed by atoms with Crippen LogP contribution in [0.4, 0.5) is 0 Å². The number of fused-ring (bicyclic) bond motifs is 8. The van der Waals surface area contributed by atoms with Gasteiger partial charge in [0, 0.05) is 59.9 Å². The van der Waals surface area contributed by atoms with Crippen LogP contribution < -0.4 is 64.6 Å². The molecular weight excluding hydrogens is 1420 g/mol. The maximum atomic E-state index is 14.4. The number of rotatable bonds is 18. The lowest BCUT2D eigenvalue weighted by Crippen LogP contribution is -2.63. The van der Waals surface area contributed by atoms with Crippen LogP contribution in [-0.4, -0.2) is 201 Å². The predicted octanol–water partition coefficient (Wildman–Crippen LogP) is 1.52. The van der Waals surface area contributed by atoms with Crippen molar-refractivity contribution >= 4 is 80.9 Å². The Morgan fingerprint density at radius 2 is 0.709 bits per heavy atom. The monoisotopic (exact) mass is 1520 g/mol. The number of aromatic nitrogens is 2. The molecule has 6 saturated heterocycles. The number of hydrogen-bond donors (Lipinski definition) is 16. The lowest BCUT2D eigenvalue weighted by Gasteiger charge is -2.31. The molecule has 0 spiro atoms. The van der Waals surface area contributed by atoms with Crippen molar-refractivity contribution in [2.45, 2.75) is 229 Å². The van der Waals surface area contributed by atoms with E-state index in [4.69, 9.17) is 39.9 Å². The van der Waals surface area contributed by atoms with Gasteiger partial charge in [-0.2, -0.15) is 0 Å². The van der Waals surface area contributed by atoms with Crippen molar-refractivity contribution < 1.29 is 86.6 Å². The average molecular weight is 1520 g/mol. The number of ether oxygens (including phenoxy) is 6. The molecule has 2 unspecified atom stereocenters. The number of nitrogens with one attached hydrogen (secondary N) is 12. The normalized spacial score (nSPS) is 28.9. The van der Waals surface area contributed by atoms with Crippen molar-refractivity contribution in [3.63, 3.8) is 0 Å².